The fourth-order valence-corrected chi connectivity index (χ4v) is 2.89. The quantitative estimate of drug-likeness (QED) is 0.236. The van der Waals surface area contributed by atoms with Crippen LogP contribution in [0.25, 0.3) is 28.6 Å². The lowest BCUT2D eigenvalue weighted by Gasteiger charge is -1.95. The van der Waals surface area contributed by atoms with Crippen molar-refractivity contribution in [2.75, 3.05) is 0 Å². The van der Waals surface area contributed by atoms with Gasteiger partial charge >= 0.3 is 0 Å². The SMILES string of the molecule is Cc1ccc(-c2nc3cc(N=C/C=C/c4ccccc4[N+](=O)[O-])ccc3o2)cc1. The van der Waals surface area contributed by atoms with Crippen molar-refractivity contribution >= 4 is 34.8 Å². The molecule has 4 aromatic rings. The molecule has 142 valence electrons. The zero-order chi connectivity index (χ0) is 20.2. The van der Waals surface area contributed by atoms with Gasteiger partial charge in [-0.25, -0.2) is 4.98 Å². The molecule has 0 radical (unpaired) electrons. The highest BCUT2D eigenvalue weighted by Crippen LogP contribution is 2.27. The summed E-state index contributed by atoms with van der Waals surface area (Å²) >= 11 is 0. The minimum Gasteiger partial charge on any atom is -0.436 e. The molecule has 3 aromatic carbocycles. The Morgan fingerprint density at radius 2 is 1.86 bits per heavy atom. The number of hydrogen-bond acceptors (Lipinski definition) is 5. The second-order valence-electron chi connectivity index (χ2n) is 6.49. The predicted octanol–water partition coefficient (Wildman–Crippen LogP) is 6.13. The molecule has 0 saturated heterocycles. The van der Waals surface area contributed by atoms with Crippen molar-refractivity contribution in [3.8, 4) is 11.5 Å². The summed E-state index contributed by atoms with van der Waals surface area (Å²) in [4.78, 5) is 19.6. The van der Waals surface area contributed by atoms with E-state index < -0.39 is 4.92 Å². The smallest absolute Gasteiger partial charge is 0.276 e. The van der Waals surface area contributed by atoms with Gasteiger partial charge in [0, 0.05) is 17.8 Å². The maximum Gasteiger partial charge on any atom is 0.276 e. The minimum absolute atomic E-state index is 0.0600. The van der Waals surface area contributed by atoms with Crippen molar-refractivity contribution in [1.82, 2.24) is 4.98 Å². The van der Waals surface area contributed by atoms with Crippen LogP contribution in [0, 0.1) is 17.0 Å². The van der Waals surface area contributed by atoms with Crippen LogP contribution < -0.4 is 0 Å². The van der Waals surface area contributed by atoms with E-state index in [2.05, 4.69) is 9.98 Å². The van der Waals surface area contributed by atoms with Gasteiger partial charge in [-0.1, -0.05) is 29.8 Å². The van der Waals surface area contributed by atoms with Crippen LogP contribution in [0.4, 0.5) is 11.4 Å². The number of allylic oxidation sites excluding steroid dienone is 1. The predicted molar refractivity (Wildman–Crippen MR) is 114 cm³/mol. The Balaban J connectivity index is 1.54. The molecular weight excluding hydrogens is 366 g/mol. The van der Waals surface area contributed by atoms with Crippen molar-refractivity contribution in [2.45, 2.75) is 6.92 Å². The molecule has 6 heteroatoms. The number of nitro groups is 1. The summed E-state index contributed by atoms with van der Waals surface area (Å²) in [6.07, 6.45) is 4.93. The molecule has 1 heterocycles. The van der Waals surface area contributed by atoms with E-state index in [1.54, 1.807) is 36.6 Å². The van der Waals surface area contributed by atoms with Gasteiger partial charge in [-0.3, -0.25) is 15.1 Å². The van der Waals surface area contributed by atoms with Crippen molar-refractivity contribution in [3.05, 3.63) is 94.0 Å². The van der Waals surface area contributed by atoms with E-state index in [9.17, 15) is 10.1 Å². The summed E-state index contributed by atoms with van der Waals surface area (Å²) in [5.74, 6) is 0.567. The fraction of sp³-hybridized carbons (Fsp3) is 0.0435. The van der Waals surface area contributed by atoms with Crippen molar-refractivity contribution in [1.29, 1.82) is 0 Å². The molecule has 0 atom stereocenters. The zero-order valence-corrected chi connectivity index (χ0v) is 15.6. The summed E-state index contributed by atoms with van der Waals surface area (Å²) in [5, 5.41) is 11.0. The van der Waals surface area contributed by atoms with Gasteiger partial charge in [-0.2, -0.15) is 0 Å². The van der Waals surface area contributed by atoms with Crippen LogP contribution in [0.5, 0.6) is 0 Å². The maximum atomic E-state index is 11.0. The minimum atomic E-state index is -0.402. The largest absolute Gasteiger partial charge is 0.436 e. The van der Waals surface area contributed by atoms with Crippen LogP contribution in [0.3, 0.4) is 0 Å². The Bertz CT molecular complexity index is 1240. The zero-order valence-electron chi connectivity index (χ0n) is 15.6. The van der Waals surface area contributed by atoms with Crippen LogP contribution in [0.2, 0.25) is 0 Å². The molecule has 0 aliphatic heterocycles. The number of rotatable bonds is 5. The molecule has 4 rings (SSSR count). The van der Waals surface area contributed by atoms with Crippen LogP contribution in [0.1, 0.15) is 11.1 Å². The molecule has 0 saturated carbocycles. The van der Waals surface area contributed by atoms with E-state index in [0.717, 1.165) is 11.1 Å². The number of hydrogen-bond donors (Lipinski definition) is 0. The van der Waals surface area contributed by atoms with Crippen LogP contribution in [-0.2, 0) is 0 Å². The van der Waals surface area contributed by atoms with Gasteiger partial charge < -0.3 is 4.42 Å². The first-order chi connectivity index (χ1) is 14.1. The Kier molecular flexibility index (Phi) is 4.99. The molecule has 0 fully saturated rings. The third kappa shape index (κ3) is 4.11. The van der Waals surface area contributed by atoms with Gasteiger partial charge in [0.2, 0.25) is 5.89 Å². The summed E-state index contributed by atoms with van der Waals surface area (Å²) in [6, 6.07) is 20.1. The van der Waals surface area contributed by atoms with Crippen LogP contribution >= 0.6 is 0 Å². The van der Waals surface area contributed by atoms with E-state index in [4.69, 9.17) is 4.42 Å². The van der Waals surface area contributed by atoms with E-state index in [-0.39, 0.29) is 5.69 Å². The average Bonchev–Trinajstić information content (AvgIpc) is 3.15. The summed E-state index contributed by atoms with van der Waals surface area (Å²) in [5.41, 5.74) is 4.81. The number of benzene rings is 3. The summed E-state index contributed by atoms with van der Waals surface area (Å²) in [7, 11) is 0. The Morgan fingerprint density at radius 1 is 1.07 bits per heavy atom. The van der Waals surface area contributed by atoms with Crippen molar-refractivity contribution < 1.29 is 9.34 Å². The third-order valence-electron chi connectivity index (χ3n) is 4.39. The van der Waals surface area contributed by atoms with Crippen molar-refractivity contribution in [3.63, 3.8) is 0 Å². The summed E-state index contributed by atoms with van der Waals surface area (Å²) < 4.78 is 5.83. The van der Waals surface area contributed by atoms with E-state index in [1.807, 2.05) is 49.4 Å². The molecule has 6 nitrogen and oxygen atoms in total. The number of fused-ring (bicyclic) bond motifs is 1. The molecule has 0 aliphatic carbocycles. The number of aromatic nitrogens is 1. The molecule has 0 spiro atoms. The maximum absolute atomic E-state index is 11.0. The van der Waals surface area contributed by atoms with Gasteiger partial charge in [0.25, 0.3) is 5.69 Å². The number of para-hydroxylation sites is 1. The molecule has 0 N–H and O–H groups in total. The number of oxazole rings is 1. The first kappa shape index (κ1) is 18.3. The molecule has 0 aliphatic rings. The molecule has 0 bridgehead atoms. The molecule has 1 aromatic heterocycles. The average molecular weight is 383 g/mol. The summed E-state index contributed by atoms with van der Waals surface area (Å²) in [6.45, 7) is 2.03. The van der Waals surface area contributed by atoms with E-state index >= 15 is 0 Å². The molecule has 0 unspecified atom stereocenters. The van der Waals surface area contributed by atoms with Gasteiger partial charge in [0.05, 0.1) is 16.2 Å². The topological polar surface area (TPSA) is 81.5 Å². The van der Waals surface area contributed by atoms with Gasteiger partial charge in [-0.05, 0) is 55.5 Å². The Morgan fingerprint density at radius 3 is 2.66 bits per heavy atom. The lowest BCUT2D eigenvalue weighted by molar-refractivity contribution is -0.385. The number of aryl methyl sites for hydroxylation is 1. The second kappa shape index (κ2) is 7.90. The highest BCUT2D eigenvalue weighted by molar-refractivity contribution is 5.84. The number of aliphatic imine (C=N–C) groups is 1. The van der Waals surface area contributed by atoms with Gasteiger partial charge in [0.15, 0.2) is 5.58 Å². The molecule has 29 heavy (non-hydrogen) atoms. The Labute approximate surface area is 167 Å². The van der Waals surface area contributed by atoms with Crippen molar-refractivity contribution in [2.24, 2.45) is 4.99 Å². The fourth-order valence-electron chi connectivity index (χ4n) is 2.89. The first-order valence-electron chi connectivity index (χ1n) is 9.02. The van der Waals surface area contributed by atoms with E-state index in [1.165, 1.54) is 11.6 Å². The molecular formula is C23H17N3O3. The standard InChI is InChI=1S/C23H17N3O3/c1-16-8-10-18(11-9-16)23-25-20-15-19(12-13-22(20)29-23)24-14-4-6-17-5-2-3-7-21(17)26(27)28/h2-15H,1H3/b6-4+,24-14?. The lowest BCUT2D eigenvalue weighted by Crippen LogP contribution is -1.90. The normalized spacial score (nSPS) is 11.6. The monoisotopic (exact) mass is 383 g/mol. The van der Waals surface area contributed by atoms with Crippen LogP contribution in [-0.4, -0.2) is 16.1 Å². The number of nitro benzene ring substituents is 1. The second-order valence-corrected chi connectivity index (χ2v) is 6.49. The molecule has 0 amide bonds. The van der Waals surface area contributed by atoms with Crippen LogP contribution in [0.15, 0.2) is 82.2 Å². The Hall–Kier alpha value is -4.06. The van der Waals surface area contributed by atoms with Gasteiger partial charge in [0.1, 0.15) is 5.52 Å². The van der Waals surface area contributed by atoms with Gasteiger partial charge in [-0.15, -0.1) is 0 Å². The first-order valence-corrected chi connectivity index (χ1v) is 9.02. The highest BCUT2D eigenvalue weighted by Gasteiger charge is 2.09. The highest BCUT2D eigenvalue weighted by atomic mass is 16.6. The third-order valence-corrected chi connectivity index (χ3v) is 4.39. The van der Waals surface area contributed by atoms with E-state index in [0.29, 0.717) is 22.7 Å². The lowest BCUT2D eigenvalue weighted by atomic mass is 10.1. The number of nitrogens with zero attached hydrogens (tertiary/aromatic N) is 3.